The van der Waals surface area contributed by atoms with Crippen LogP contribution in [0, 0.1) is 5.92 Å². The number of rotatable bonds is 11. The zero-order chi connectivity index (χ0) is 17.8. The fourth-order valence-corrected chi connectivity index (χ4v) is 2.37. The predicted molar refractivity (Wildman–Crippen MR) is 95.2 cm³/mol. The minimum absolute atomic E-state index is 0.161. The molecule has 1 atom stereocenters. The molecule has 0 aliphatic carbocycles. The molecule has 0 radical (unpaired) electrons. The zero-order valence-electron chi connectivity index (χ0n) is 15.2. The van der Waals surface area contributed by atoms with Gasteiger partial charge in [-0.3, -0.25) is 9.59 Å². The van der Waals surface area contributed by atoms with Gasteiger partial charge in [-0.15, -0.1) is 0 Å². The maximum Gasteiger partial charge on any atom is 0.314 e. The summed E-state index contributed by atoms with van der Waals surface area (Å²) in [6, 6.07) is 6.78. The fraction of sp³-hybridized carbons (Fsp3) is 0.600. The Morgan fingerprint density at radius 2 is 1.50 bits per heavy atom. The van der Waals surface area contributed by atoms with Gasteiger partial charge in [-0.1, -0.05) is 71.4 Å². The third kappa shape index (κ3) is 7.62. The fourth-order valence-electron chi connectivity index (χ4n) is 2.37. The van der Waals surface area contributed by atoms with Gasteiger partial charge in [0.15, 0.2) is 11.5 Å². The first-order chi connectivity index (χ1) is 11.6. The number of carbonyl (C=O) groups is 2. The van der Waals surface area contributed by atoms with Crippen LogP contribution >= 0.6 is 0 Å². The van der Waals surface area contributed by atoms with Crippen LogP contribution in [0.5, 0.6) is 11.5 Å². The Balaban J connectivity index is 2.45. The average molecular weight is 334 g/mol. The summed E-state index contributed by atoms with van der Waals surface area (Å²) in [7, 11) is 0. The molecule has 1 aromatic carbocycles. The van der Waals surface area contributed by atoms with Gasteiger partial charge in [0.25, 0.3) is 0 Å². The van der Waals surface area contributed by atoms with Crippen molar-refractivity contribution in [3.63, 3.8) is 0 Å². The lowest BCUT2D eigenvalue weighted by Crippen LogP contribution is -2.18. The highest BCUT2D eigenvalue weighted by Crippen LogP contribution is 2.28. The van der Waals surface area contributed by atoms with E-state index >= 15 is 0 Å². The third-order valence-electron chi connectivity index (χ3n) is 3.97. The van der Waals surface area contributed by atoms with Crippen LogP contribution < -0.4 is 9.47 Å². The summed E-state index contributed by atoms with van der Waals surface area (Å²) in [5.41, 5.74) is 0. The van der Waals surface area contributed by atoms with Crippen LogP contribution in [-0.4, -0.2) is 11.9 Å². The van der Waals surface area contributed by atoms with Crippen molar-refractivity contribution in [2.45, 2.75) is 72.1 Å². The minimum Gasteiger partial charge on any atom is -0.423 e. The molecule has 0 heterocycles. The number of para-hydroxylation sites is 2. The highest BCUT2D eigenvalue weighted by atomic mass is 16.6. The van der Waals surface area contributed by atoms with E-state index in [9.17, 15) is 9.59 Å². The molecule has 0 aliphatic rings. The Labute approximate surface area is 145 Å². The maximum atomic E-state index is 12.2. The van der Waals surface area contributed by atoms with E-state index in [1.165, 1.54) is 25.7 Å². The van der Waals surface area contributed by atoms with E-state index < -0.39 is 0 Å². The van der Waals surface area contributed by atoms with Crippen molar-refractivity contribution in [1.82, 2.24) is 0 Å². The molecule has 0 N–H and O–H groups in total. The first-order valence-corrected chi connectivity index (χ1v) is 9.09. The number of unbranched alkanes of at least 4 members (excludes halogenated alkanes) is 5. The zero-order valence-corrected chi connectivity index (χ0v) is 15.2. The average Bonchev–Trinajstić information content (AvgIpc) is 2.59. The van der Waals surface area contributed by atoms with Crippen molar-refractivity contribution in [1.29, 1.82) is 0 Å². The molecule has 0 spiro atoms. The molecule has 1 unspecified atom stereocenters. The van der Waals surface area contributed by atoms with E-state index in [0.29, 0.717) is 11.5 Å². The lowest BCUT2D eigenvalue weighted by molar-refractivity contribution is -0.140. The number of benzene rings is 1. The highest BCUT2D eigenvalue weighted by Gasteiger charge is 2.18. The molecule has 0 aliphatic heterocycles. The first-order valence-electron chi connectivity index (χ1n) is 9.09. The van der Waals surface area contributed by atoms with Crippen molar-refractivity contribution >= 4 is 11.9 Å². The topological polar surface area (TPSA) is 52.6 Å². The Kier molecular flexibility index (Phi) is 9.81. The number of ether oxygens (including phenoxy) is 2. The van der Waals surface area contributed by atoms with Crippen molar-refractivity contribution in [2.75, 3.05) is 0 Å². The van der Waals surface area contributed by atoms with Crippen molar-refractivity contribution in [3.05, 3.63) is 24.3 Å². The Hall–Kier alpha value is -1.84. The first kappa shape index (κ1) is 20.2. The molecule has 0 saturated carbocycles. The van der Waals surface area contributed by atoms with Crippen LogP contribution in [0.3, 0.4) is 0 Å². The SMILES string of the molecule is CCCCCCCCC(C)C(=O)Oc1ccccc1OC(=O)CC. The number of carbonyl (C=O) groups excluding carboxylic acids is 2. The Morgan fingerprint density at radius 3 is 2.12 bits per heavy atom. The molecule has 0 aromatic heterocycles. The number of hydrogen-bond donors (Lipinski definition) is 0. The summed E-state index contributed by atoms with van der Waals surface area (Å²) in [5.74, 6) is -0.183. The molecule has 0 fully saturated rings. The lowest BCUT2D eigenvalue weighted by Gasteiger charge is -2.13. The van der Waals surface area contributed by atoms with Gasteiger partial charge >= 0.3 is 11.9 Å². The van der Waals surface area contributed by atoms with E-state index in [4.69, 9.17) is 9.47 Å². The third-order valence-corrected chi connectivity index (χ3v) is 3.97. The molecular formula is C20H30O4. The monoisotopic (exact) mass is 334 g/mol. The highest BCUT2D eigenvalue weighted by molar-refractivity contribution is 5.77. The smallest absolute Gasteiger partial charge is 0.314 e. The molecular weight excluding hydrogens is 304 g/mol. The number of hydrogen-bond acceptors (Lipinski definition) is 4. The predicted octanol–water partition coefficient (Wildman–Crippen LogP) is 5.29. The van der Waals surface area contributed by atoms with Crippen LogP contribution in [0.25, 0.3) is 0 Å². The standard InChI is InChI=1S/C20H30O4/c1-4-6-7-8-9-10-13-16(3)20(22)24-18-15-12-11-14-17(18)23-19(21)5-2/h11-12,14-16H,4-10,13H2,1-3H3. The van der Waals surface area contributed by atoms with E-state index in [1.807, 2.05) is 6.92 Å². The molecule has 0 amide bonds. The van der Waals surface area contributed by atoms with Crippen molar-refractivity contribution < 1.29 is 19.1 Å². The van der Waals surface area contributed by atoms with Gasteiger partial charge in [-0.25, -0.2) is 0 Å². The summed E-state index contributed by atoms with van der Waals surface area (Å²) < 4.78 is 10.6. The Bertz CT molecular complexity index is 510. The van der Waals surface area contributed by atoms with Crippen molar-refractivity contribution in [2.24, 2.45) is 5.92 Å². The lowest BCUT2D eigenvalue weighted by atomic mass is 10.0. The van der Waals surface area contributed by atoms with E-state index in [-0.39, 0.29) is 24.3 Å². The van der Waals surface area contributed by atoms with Gasteiger partial charge in [-0.05, 0) is 18.6 Å². The molecule has 4 heteroatoms. The van der Waals surface area contributed by atoms with E-state index in [1.54, 1.807) is 31.2 Å². The minimum atomic E-state index is -0.348. The number of esters is 2. The second-order valence-electron chi connectivity index (χ2n) is 6.15. The molecule has 0 bridgehead atoms. The summed E-state index contributed by atoms with van der Waals surface area (Å²) >= 11 is 0. The van der Waals surface area contributed by atoms with Crippen LogP contribution in [0.2, 0.25) is 0 Å². The Morgan fingerprint density at radius 1 is 0.917 bits per heavy atom. The van der Waals surface area contributed by atoms with E-state index in [2.05, 4.69) is 6.92 Å². The second kappa shape index (κ2) is 11.7. The molecule has 24 heavy (non-hydrogen) atoms. The van der Waals surface area contributed by atoms with Gasteiger partial charge < -0.3 is 9.47 Å². The van der Waals surface area contributed by atoms with Gasteiger partial charge in [0.05, 0.1) is 5.92 Å². The largest absolute Gasteiger partial charge is 0.423 e. The molecule has 4 nitrogen and oxygen atoms in total. The molecule has 1 rings (SSSR count). The molecule has 1 aromatic rings. The summed E-state index contributed by atoms with van der Waals surface area (Å²) in [5, 5.41) is 0. The van der Waals surface area contributed by atoms with Gasteiger partial charge in [-0.2, -0.15) is 0 Å². The molecule has 0 saturated heterocycles. The summed E-state index contributed by atoms with van der Waals surface area (Å²) in [6.45, 7) is 5.81. The van der Waals surface area contributed by atoms with Gasteiger partial charge in [0, 0.05) is 6.42 Å². The van der Waals surface area contributed by atoms with Gasteiger partial charge in [0.2, 0.25) is 0 Å². The second-order valence-corrected chi connectivity index (χ2v) is 6.15. The van der Waals surface area contributed by atoms with Crippen LogP contribution in [0.4, 0.5) is 0 Å². The summed E-state index contributed by atoms with van der Waals surface area (Å²) in [6.07, 6.45) is 8.31. The van der Waals surface area contributed by atoms with Crippen LogP contribution in [-0.2, 0) is 9.59 Å². The van der Waals surface area contributed by atoms with Crippen LogP contribution in [0.1, 0.15) is 72.1 Å². The normalized spacial score (nSPS) is 11.8. The molecule has 134 valence electrons. The quantitative estimate of drug-likeness (QED) is 0.313. The van der Waals surface area contributed by atoms with Crippen molar-refractivity contribution in [3.8, 4) is 11.5 Å². The van der Waals surface area contributed by atoms with Crippen LogP contribution in [0.15, 0.2) is 24.3 Å². The summed E-state index contributed by atoms with van der Waals surface area (Å²) in [4.78, 5) is 23.7. The van der Waals surface area contributed by atoms with E-state index in [0.717, 1.165) is 19.3 Å². The van der Waals surface area contributed by atoms with Gasteiger partial charge in [0.1, 0.15) is 0 Å². The maximum absolute atomic E-state index is 12.2.